The van der Waals surface area contributed by atoms with Crippen LogP contribution in [0, 0.1) is 0 Å². The van der Waals surface area contributed by atoms with E-state index in [1.54, 1.807) is 7.11 Å². The van der Waals surface area contributed by atoms with Crippen LogP contribution in [0.4, 0.5) is 5.69 Å². The van der Waals surface area contributed by atoms with Gasteiger partial charge in [0.1, 0.15) is 5.75 Å². The topological polar surface area (TPSA) is 67.6 Å². The van der Waals surface area contributed by atoms with Gasteiger partial charge in [0.25, 0.3) is 0 Å². The lowest BCUT2D eigenvalue weighted by Crippen LogP contribution is -2.33. The maximum atomic E-state index is 11.8. The van der Waals surface area contributed by atoms with Crippen molar-refractivity contribution in [2.24, 2.45) is 5.73 Å². The van der Waals surface area contributed by atoms with Crippen molar-refractivity contribution in [2.75, 3.05) is 32.1 Å². The van der Waals surface area contributed by atoms with Gasteiger partial charge in [-0.3, -0.25) is 9.69 Å². The van der Waals surface area contributed by atoms with Crippen molar-refractivity contribution >= 4 is 11.6 Å². The zero-order valence-electron chi connectivity index (χ0n) is 10.6. The van der Waals surface area contributed by atoms with Crippen molar-refractivity contribution in [3.63, 3.8) is 0 Å². The van der Waals surface area contributed by atoms with Crippen molar-refractivity contribution in [1.29, 1.82) is 0 Å². The molecule has 0 aliphatic carbocycles. The summed E-state index contributed by atoms with van der Waals surface area (Å²) in [5.74, 6) is 0.771. The normalized spacial score (nSPS) is 19.8. The van der Waals surface area contributed by atoms with E-state index in [9.17, 15) is 4.79 Å². The number of nitrogens with two attached hydrogens (primary N) is 1. The van der Waals surface area contributed by atoms with Crippen LogP contribution < -0.4 is 15.8 Å². The van der Waals surface area contributed by atoms with E-state index in [4.69, 9.17) is 10.5 Å². The average Bonchev–Trinajstić information content (AvgIpc) is 2.75. The molecule has 0 unspecified atom stereocenters. The molecule has 3 N–H and O–H groups in total. The third-order valence-electron chi connectivity index (χ3n) is 3.05. The van der Waals surface area contributed by atoms with Gasteiger partial charge in [0.15, 0.2) is 0 Å². The highest BCUT2D eigenvalue weighted by Gasteiger charge is 2.20. The standard InChI is InChI=1S/C13H19N3O2/c1-18-12-4-2-11(3-5-12)15-13(17)9-16-7-6-10(14)8-16/h2-5,10H,6-9,14H2,1H3,(H,15,17)/t10-/m0/s1. The molecule has 0 spiro atoms. The Labute approximate surface area is 107 Å². The molecule has 1 aliphatic rings. The summed E-state index contributed by atoms with van der Waals surface area (Å²) in [6, 6.07) is 7.50. The number of carbonyl (C=O) groups is 1. The molecule has 1 aliphatic heterocycles. The van der Waals surface area contributed by atoms with Crippen molar-refractivity contribution in [3.8, 4) is 5.75 Å². The Morgan fingerprint density at radius 1 is 1.50 bits per heavy atom. The van der Waals surface area contributed by atoms with Gasteiger partial charge in [-0.25, -0.2) is 0 Å². The molecule has 1 saturated heterocycles. The van der Waals surface area contributed by atoms with Crippen molar-refractivity contribution < 1.29 is 9.53 Å². The second-order valence-electron chi connectivity index (χ2n) is 4.56. The summed E-state index contributed by atoms with van der Waals surface area (Å²) in [7, 11) is 1.62. The second kappa shape index (κ2) is 5.84. The van der Waals surface area contributed by atoms with E-state index in [2.05, 4.69) is 10.2 Å². The zero-order chi connectivity index (χ0) is 13.0. The number of benzene rings is 1. The van der Waals surface area contributed by atoms with Crippen LogP contribution in [-0.4, -0.2) is 43.6 Å². The third kappa shape index (κ3) is 3.45. The number of carbonyl (C=O) groups excluding carboxylic acids is 1. The molecule has 2 rings (SSSR count). The van der Waals surface area contributed by atoms with Gasteiger partial charge in [0.2, 0.25) is 5.91 Å². The minimum Gasteiger partial charge on any atom is -0.497 e. The zero-order valence-corrected chi connectivity index (χ0v) is 10.6. The number of anilines is 1. The summed E-state index contributed by atoms with van der Waals surface area (Å²) in [6.07, 6.45) is 0.968. The smallest absolute Gasteiger partial charge is 0.238 e. The van der Waals surface area contributed by atoms with Crippen LogP contribution >= 0.6 is 0 Å². The molecule has 0 saturated carbocycles. The van der Waals surface area contributed by atoms with Gasteiger partial charge in [0.05, 0.1) is 13.7 Å². The van der Waals surface area contributed by atoms with E-state index >= 15 is 0 Å². The molecule has 1 aromatic carbocycles. The molecule has 0 bridgehead atoms. The van der Waals surface area contributed by atoms with Crippen LogP contribution in [0.2, 0.25) is 0 Å². The lowest BCUT2D eigenvalue weighted by atomic mass is 10.3. The Bertz CT molecular complexity index is 405. The lowest BCUT2D eigenvalue weighted by molar-refractivity contribution is -0.117. The van der Waals surface area contributed by atoms with Crippen molar-refractivity contribution in [2.45, 2.75) is 12.5 Å². The quantitative estimate of drug-likeness (QED) is 0.823. The Morgan fingerprint density at radius 2 is 2.22 bits per heavy atom. The number of amides is 1. The number of hydrogen-bond acceptors (Lipinski definition) is 4. The number of hydrogen-bond donors (Lipinski definition) is 2. The Kier molecular flexibility index (Phi) is 4.17. The first-order chi connectivity index (χ1) is 8.67. The minimum atomic E-state index is -0.00531. The van der Waals surface area contributed by atoms with Gasteiger partial charge in [-0.15, -0.1) is 0 Å². The van der Waals surface area contributed by atoms with Crippen LogP contribution in [0.3, 0.4) is 0 Å². The monoisotopic (exact) mass is 249 g/mol. The second-order valence-corrected chi connectivity index (χ2v) is 4.56. The molecule has 5 nitrogen and oxygen atoms in total. The number of nitrogens with one attached hydrogen (secondary N) is 1. The van der Waals surface area contributed by atoms with Gasteiger partial charge in [-0.05, 0) is 30.7 Å². The third-order valence-corrected chi connectivity index (χ3v) is 3.05. The first-order valence-corrected chi connectivity index (χ1v) is 6.09. The largest absolute Gasteiger partial charge is 0.497 e. The average molecular weight is 249 g/mol. The highest BCUT2D eigenvalue weighted by Crippen LogP contribution is 2.15. The van der Waals surface area contributed by atoms with Crippen molar-refractivity contribution in [1.82, 2.24) is 4.90 Å². The summed E-state index contributed by atoms with van der Waals surface area (Å²) >= 11 is 0. The number of methoxy groups -OCH3 is 1. The minimum absolute atomic E-state index is 0.00531. The van der Waals surface area contributed by atoms with Gasteiger partial charge in [0, 0.05) is 24.8 Å². The molecule has 0 radical (unpaired) electrons. The molecule has 1 amide bonds. The molecule has 98 valence electrons. The van der Waals surface area contributed by atoms with E-state index in [0.29, 0.717) is 6.54 Å². The van der Waals surface area contributed by atoms with Gasteiger partial charge < -0.3 is 15.8 Å². The molecule has 18 heavy (non-hydrogen) atoms. The maximum Gasteiger partial charge on any atom is 0.238 e. The highest BCUT2D eigenvalue weighted by molar-refractivity contribution is 5.92. The van der Waals surface area contributed by atoms with E-state index in [1.807, 2.05) is 24.3 Å². The number of likely N-dealkylation sites (tertiary alicyclic amines) is 1. The van der Waals surface area contributed by atoms with E-state index in [1.165, 1.54) is 0 Å². The van der Waals surface area contributed by atoms with E-state index in [0.717, 1.165) is 30.9 Å². The Balaban J connectivity index is 1.83. The van der Waals surface area contributed by atoms with Gasteiger partial charge >= 0.3 is 0 Å². The Hall–Kier alpha value is -1.59. The summed E-state index contributed by atoms with van der Waals surface area (Å²) in [5.41, 5.74) is 6.58. The van der Waals surface area contributed by atoms with E-state index < -0.39 is 0 Å². The Morgan fingerprint density at radius 3 is 2.78 bits per heavy atom. The molecular weight excluding hydrogens is 230 g/mol. The first-order valence-electron chi connectivity index (χ1n) is 6.09. The first kappa shape index (κ1) is 12.9. The van der Waals surface area contributed by atoms with Gasteiger partial charge in [-0.1, -0.05) is 0 Å². The fourth-order valence-electron chi connectivity index (χ4n) is 2.08. The van der Waals surface area contributed by atoms with Crippen LogP contribution in [0.1, 0.15) is 6.42 Å². The lowest BCUT2D eigenvalue weighted by Gasteiger charge is -2.14. The summed E-state index contributed by atoms with van der Waals surface area (Å²) in [6.45, 7) is 2.10. The molecule has 1 aromatic rings. The predicted molar refractivity (Wildman–Crippen MR) is 70.7 cm³/mol. The van der Waals surface area contributed by atoms with E-state index in [-0.39, 0.29) is 11.9 Å². The summed E-state index contributed by atoms with van der Waals surface area (Å²) in [5, 5.41) is 2.86. The molecular formula is C13H19N3O2. The molecule has 1 fully saturated rings. The summed E-state index contributed by atoms with van der Waals surface area (Å²) in [4.78, 5) is 13.9. The molecule has 0 aromatic heterocycles. The van der Waals surface area contributed by atoms with Crippen molar-refractivity contribution in [3.05, 3.63) is 24.3 Å². The SMILES string of the molecule is COc1ccc(NC(=O)CN2CC[C@H](N)C2)cc1. The van der Waals surface area contributed by atoms with Gasteiger partial charge in [-0.2, -0.15) is 0 Å². The number of nitrogens with zero attached hydrogens (tertiary/aromatic N) is 1. The fourth-order valence-corrected chi connectivity index (χ4v) is 2.08. The highest BCUT2D eigenvalue weighted by atomic mass is 16.5. The summed E-state index contributed by atoms with van der Waals surface area (Å²) < 4.78 is 5.06. The molecule has 1 heterocycles. The van der Waals surface area contributed by atoms with Crippen LogP contribution in [0.15, 0.2) is 24.3 Å². The predicted octanol–water partition coefficient (Wildman–Crippen LogP) is 0.667. The maximum absolute atomic E-state index is 11.8. The molecule has 1 atom stereocenters. The van der Waals surface area contributed by atoms with Crippen LogP contribution in [0.5, 0.6) is 5.75 Å². The fraction of sp³-hybridized carbons (Fsp3) is 0.462. The van der Waals surface area contributed by atoms with Crippen LogP contribution in [-0.2, 0) is 4.79 Å². The molecule has 5 heteroatoms. The number of rotatable bonds is 4. The number of ether oxygens (including phenoxy) is 1. The van der Waals surface area contributed by atoms with Crippen LogP contribution in [0.25, 0.3) is 0 Å².